The van der Waals surface area contributed by atoms with Gasteiger partial charge in [-0.15, -0.1) is 0 Å². The second kappa shape index (κ2) is 6.93. The molecule has 31 heavy (non-hydrogen) atoms. The van der Waals surface area contributed by atoms with Gasteiger partial charge < -0.3 is 19.7 Å². The molecule has 1 spiro atoms. The highest BCUT2D eigenvalue weighted by atomic mass is 16.7. The molecule has 4 saturated carbocycles. The van der Waals surface area contributed by atoms with E-state index >= 15 is 0 Å². The highest BCUT2D eigenvalue weighted by Crippen LogP contribution is 2.71. The van der Waals surface area contributed by atoms with Gasteiger partial charge in [0.25, 0.3) is 0 Å². The lowest BCUT2D eigenvalue weighted by atomic mass is 9.43. The molecule has 0 aromatic carbocycles. The van der Waals surface area contributed by atoms with Crippen molar-refractivity contribution >= 4 is 0 Å². The summed E-state index contributed by atoms with van der Waals surface area (Å²) in [6.07, 6.45) is 9.63. The Bertz CT molecular complexity index is 716. The van der Waals surface area contributed by atoms with E-state index in [4.69, 9.17) is 9.47 Å². The molecule has 2 N–H and O–H groups in total. The van der Waals surface area contributed by atoms with Crippen LogP contribution < -0.4 is 0 Å². The zero-order valence-corrected chi connectivity index (χ0v) is 20.1. The van der Waals surface area contributed by atoms with E-state index < -0.39 is 0 Å². The Labute approximate surface area is 188 Å². The lowest BCUT2D eigenvalue weighted by molar-refractivity contribution is -0.274. The topological polar surface area (TPSA) is 58.9 Å². The predicted octanol–water partition coefficient (Wildman–Crippen LogP) is 4.76. The van der Waals surface area contributed by atoms with Crippen LogP contribution in [0.3, 0.4) is 0 Å². The van der Waals surface area contributed by atoms with Crippen LogP contribution in [0.5, 0.6) is 0 Å². The van der Waals surface area contributed by atoms with Gasteiger partial charge in [0.1, 0.15) is 0 Å². The van der Waals surface area contributed by atoms with Crippen molar-refractivity contribution in [2.75, 3.05) is 6.61 Å². The molecule has 2 heterocycles. The minimum atomic E-state index is -0.374. The second-order valence-corrected chi connectivity index (χ2v) is 13.3. The standard InChI is InChI=1S/C27H44O4/c1-15-7-10-27(30-14-15)16(2)23-22(31-27)12-20-19-6-5-17-11-18(28)8-9-25(17,3)24(19)21(29)13-26(20,23)4/h15-24,28-29H,5-14H2,1-4H3/t15-,16+,17-,18-,19-,20-,21-,22-,23-,24+,25-,26-,27+/m0/s1. The molecule has 2 saturated heterocycles. The monoisotopic (exact) mass is 432 g/mol. The summed E-state index contributed by atoms with van der Waals surface area (Å²) in [5.74, 6) is 3.40. The van der Waals surface area contributed by atoms with E-state index in [0.717, 1.165) is 45.1 Å². The first kappa shape index (κ1) is 21.4. The fourth-order valence-corrected chi connectivity index (χ4v) is 10.4. The van der Waals surface area contributed by atoms with Gasteiger partial charge in [-0.3, -0.25) is 0 Å². The third-order valence-electron chi connectivity index (χ3n) is 11.8. The van der Waals surface area contributed by atoms with E-state index in [0.29, 0.717) is 47.5 Å². The van der Waals surface area contributed by atoms with Crippen molar-refractivity contribution in [2.24, 2.45) is 52.3 Å². The third kappa shape index (κ3) is 2.80. The molecule has 6 fully saturated rings. The zero-order chi connectivity index (χ0) is 21.8. The summed E-state index contributed by atoms with van der Waals surface area (Å²) < 4.78 is 13.3. The molecule has 6 rings (SSSR count). The van der Waals surface area contributed by atoms with Gasteiger partial charge in [-0.25, -0.2) is 0 Å². The molecule has 0 bridgehead atoms. The highest BCUT2D eigenvalue weighted by Gasteiger charge is 2.70. The van der Waals surface area contributed by atoms with Crippen LogP contribution in [0.4, 0.5) is 0 Å². The van der Waals surface area contributed by atoms with Crippen LogP contribution in [0, 0.1) is 52.3 Å². The minimum absolute atomic E-state index is 0.130. The minimum Gasteiger partial charge on any atom is -0.393 e. The Morgan fingerprint density at radius 3 is 2.42 bits per heavy atom. The Kier molecular flexibility index (Phi) is 4.78. The van der Waals surface area contributed by atoms with E-state index in [-0.39, 0.29) is 28.8 Å². The lowest BCUT2D eigenvalue weighted by Crippen LogP contribution is -2.59. The number of hydrogen-bond acceptors (Lipinski definition) is 4. The summed E-state index contributed by atoms with van der Waals surface area (Å²) in [6, 6.07) is 0. The molecule has 176 valence electrons. The predicted molar refractivity (Wildman–Crippen MR) is 119 cm³/mol. The van der Waals surface area contributed by atoms with Crippen molar-refractivity contribution in [3.8, 4) is 0 Å². The molecule has 4 heteroatoms. The molecule has 0 aromatic heterocycles. The van der Waals surface area contributed by atoms with Crippen LogP contribution in [0.1, 0.15) is 85.5 Å². The van der Waals surface area contributed by atoms with Gasteiger partial charge in [0.15, 0.2) is 5.79 Å². The molecule has 0 amide bonds. The molecule has 13 atom stereocenters. The second-order valence-electron chi connectivity index (χ2n) is 13.3. The first-order chi connectivity index (χ1) is 14.7. The van der Waals surface area contributed by atoms with E-state index in [2.05, 4.69) is 27.7 Å². The molecule has 0 unspecified atom stereocenters. The summed E-state index contributed by atoms with van der Waals surface area (Å²) in [5, 5.41) is 22.0. The molecular formula is C27H44O4. The molecule has 0 aromatic rings. The van der Waals surface area contributed by atoms with E-state index in [1.165, 1.54) is 19.3 Å². The first-order valence-corrected chi connectivity index (χ1v) is 13.4. The largest absolute Gasteiger partial charge is 0.393 e. The number of fused-ring (bicyclic) bond motifs is 7. The van der Waals surface area contributed by atoms with Gasteiger partial charge in [0, 0.05) is 12.3 Å². The Morgan fingerprint density at radius 1 is 0.871 bits per heavy atom. The molecular weight excluding hydrogens is 388 g/mol. The Morgan fingerprint density at radius 2 is 1.68 bits per heavy atom. The summed E-state index contributed by atoms with van der Waals surface area (Å²) in [6.45, 7) is 10.4. The summed E-state index contributed by atoms with van der Waals surface area (Å²) in [4.78, 5) is 0. The number of aliphatic hydroxyl groups excluding tert-OH is 2. The summed E-state index contributed by atoms with van der Waals surface area (Å²) in [5.41, 5.74) is 0.342. The van der Waals surface area contributed by atoms with Gasteiger partial charge in [-0.2, -0.15) is 0 Å². The van der Waals surface area contributed by atoms with Crippen LogP contribution in [0.25, 0.3) is 0 Å². The maximum Gasteiger partial charge on any atom is 0.171 e. The molecule has 0 radical (unpaired) electrons. The fraction of sp³-hybridized carbons (Fsp3) is 1.00. The summed E-state index contributed by atoms with van der Waals surface area (Å²) >= 11 is 0. The maximum absolute atomic E-state index is 11.7. The zero-order valence-electron chi connectivity index (χ0n) is 20.1. The quantitative estimate of drug-likeness (QED) is 0.579. The van der Waals surface area contributed by atoms with Gasteiger partial charge in [-0.05, 0) is 97.7 Å². The van der Waals surface area contributed by atoms with Crippen LogP contribution in [-0.2, 0) is 9.47 Å². The molecule has 2 aliphatic heterocycles. The Hall–Kier alpha value is -0.160. The van der Waals surface area contributed by atoms with Crippen molar-refractivity contribution in [1.82, 2.24) is 0 Å². The van der Waals surface area contributed by atoms with E-state index in [1.807, 2.05) is 0 Å². The van der Waals surface area contributed by atoms with Crippen molar-refractivity contribution < 1.29 is 19.7 Å². The van der Waals surface area contributed by atoms with Crippen LogP contribution in [0.2, 0.25) is 0 Å². The Balaban J connectivity index is 1.29. The number of ether oxygens (including phenoxy) is 2. The van der Waals surface area contributed by atoms with E-state index in [9.17, 15) is 10.2 Å². The van der Waals surface area contributed by atoms with Gasteiger partial charge >= 0.3 is 0 Å². The highest BCUT2D eigenvalue weighted by molar-refractivity contribution is 5.17. The SMILES string of the molecule is C[C@H]1CC[C@@]2(OC1)O[C@H]1C[C@H]3[C@@H]4CC[C@H]5C[C@@H](O)CC[C@]5(C)[C@H]4[C@@H](O)C[C@]3(C)[C@H]1[C@H]2C. The van der Waals surface area contributed by atoms with Crippen LogP contribution in [-0.4, -0.2) is 40.9 Å². The molecule has 6 aliphatic rings. The fourth-order valence-electron chi connectivity index (χ4n) is 10.4. The van der Waals surface area contributed by atoms with Gasteiger partial charge in [0.05, 0.1) is 24.9 Å². The first-order valence-electron chi connectivity index (χ1n) is 13.4. The molecule has 4 nitrogen and oxygen atoms in total. The number of rotatable bonds is 0. The lowest BCUT2D eigenvalue weighted by Gasteiger charge is -2.62. The van der Waals surface area contributed by atoms with Crippen molar-refractivity contribution in [3.05, 3.63) is 0 Å². The summed E-state index contributed by atoms with van der Waals surface area (Å²) in [7, 11) is 0. The van der Waals surface area contributed by atoms with Crippen molar-refractivity contribution in [3.63, 3.8) is 0 Å². The average molecular weight is 433 g/mol. The number of hydrogen-bond donors (Lipinski definition) is 2. The van der Waals surface area contributed by atoms with Crippen LogP contribution in [0.15, 0.2) is 0 Å². The molecule has 4 aliphatic carbocycles. The normalized spacial score (nSPS) is 63.3. The maximum atomic E-state index is 11.7. The van der Waals surface area contributed by atoms with Gasteiger partial charge in [-0.1, -0.05) is 27.7 Å². The number of aliphatic hydroxyl groups is 2. The van der Waals surface area contributed by atoms with E-state index in [1.54, 1.807) is 0 Å². The third-order valence-corrected chi connectivity index (χ3v) is 11.8. The van der Waals surface area contributed by atoms with Crippen LogP contribution >= 0.6 is 0 Å². The smallest absolute Gasteiger partial charge is 0.171 e. The van der Waals surface area contributed by atoms with Gasteiger partial charge in [0.2, 0.25) is 0 Å². The van der Waals surface area contributed by atoms with Crippen molar-refractivity contribution in [2.45, 2.75) is 110 Å². The van der Waals surface area contributed by atoms with Crippen molar-refractivity contribution in [1.29, 1.82) is 0 Å². The average Bonchev–Trinajstić information content (AvgIpc) is 3.15.